The van der Waals surface area contributed by atoms with Gasteiger partial charge in [-0.2, -0.15) is 0 Å². The summed E-state index contributed by atoms with van der Waals surface area (Å²) < 4.78 is 0. The van der Waals surface area contributed by atoms with Gasteiger partial charge in [0.2, 0.25) is 5.91 Å². The molecule has 1 N–H and O–H groups in total. The number of amides is 1. The molecule has 4 aromatic rings. The van der Waals surface area contributed by atoms with Crippen LogP contribution in [0.4, 0.5) is 17.2 Å². The maximum Gasteiger partial charge on any atom is 0.243 e. The highest BCUT2D eigenvalue weighted by atomic mass is 16.2. The third-order valence-corrected chi connectivity index (χ3v) is 9.20. The summed E-state index contributed by atoms with van der Waals surface area (Å²) in [6.45, 7) is 8.41. The van der Waals surface area contributed by atoms with Crippen molar-refractivity contribution in [2.24, 2.45) is 5.92 Å². The number of benzene rings is 3. The lowest BCUT2D eigenvalue weighted by molar-refractivity contribution is -0.126. The van der Waals surface area contributed by atoms with Gasteiger partial charge in [-0.05, 0) is 63.7 Å². The van der Waals surface area contributed by atoms with E-state index < -0.39 is 11.5 Å². The Hall–Kier alpha value is -5.11. The molecule has 1 aliphatic heterocycles. The number of anilines is 3. The number of carbonyl (C=O) groups excluding carboxylic acids is 3. The van der Waals surface area contributed by atoms with Crippen LogP contribution in [0.1, 0.15) is 55.1 Å². The van der Waals surface area contributed by atoms with Gasteiger partial charge in [-0.15, -0.1) is 0 Å². The molecule has 0 radical (unpaired) electrons. The number of aromatic nitrogens is 2. The van der Waals surface area contributed by atoms with Gasteiger partial charge in [-0.3, -0.25) is 14.4 Å². The minimum Gasteiger partial charge on any atom is -0.340 e. The van der Waals surface area contributed by atoms with Gasteiger partial charge in [0.15, 0.2) is 17.4 Å². The van der Waals surface area contributed by atoms with Gasteiger partial charge in [0.1, 0.15) is 17.6 Å². The Labute approximate surface area is 255 Å². The van der Waals surface area contributed by atoms with Gasteiger partial charge in [-0.1, -0.05) is 75.4 Å². The van der Waals surface area contributed by atoms with Crippen molar-refractivity contribution >= 4 is 46.8 Å². The van der Waals surface area contributed by atoms with E-state index in [1.807, 2.05) is 90.4 Å². The summed E-state index contributed by atoms with van der Waals surface area (Å²) in [5, 5.41) is 4.72. The monoisotopic (exact) mass is 583 g/mol. The van der Waals surface area contributed by atoms with Crippen LogP contribution < -0.4 is 25.6 Å². The molecule has 0 fully saturated rings. The second kappa shape index (κ2) is 10.3. The first-order chi connectivity index (χ1) is 21.2. The molecule has 3 aliphatic rings. The van der Waals surface area contributed by atoms with Crippen LogP contribution in [0.2, 0.25) is 0 Å². The van der Waals surface area contributed by atoms with Crippen molar-refractivity contribution in [2.75, 3.05) is 28.3 Å². The zero-order chi connectivity index (χ0) is 30.7. The fourth-order valence-corrected chi connectivity index (χ4v) is 6.83. The SMILES string of the molecule is CC1C=c2c(ccc3c2=CC(=O)c2ccccc2-3)C(C)(N2CN(CC(=O)Nc3ccc(C(C)C)cc3)c3cncnc32)C1=O. The summed E-state index contributed by atoms with van der Waals surface area (Å²) >= 11 is 0. The Kier molecular flexibility index (Phi) is 6.46. The minimum absolute atomic E-state index is 0.0218. The molecule has 2 unspecified atom stereocenters. The molecule has 44 heavy (non-hydrogen) atoms. The minimum atomic E-state index is -1.10. The van der Waals surface area contributed by atoms with E-state index in [1.54, 1.807) is 12.3 Å². The standard InChI is InChI=1S/C36H33N5O3/c1-21(2)23-9-11-24(12-10-23)39-33(43)18-40-20-41(35-31(40)17-37-19-38-35)36(4)30-14-13-26-25-7-5-6-8-27(25)32(42)16-28(26)29(30)15-22(3)34(36)44/h5-17,19,21-22H,18,20H2,1-4H3,(H,39,43). The quantitative estimate of drug-likeness (QED) is 0.373. The number of ketones is 2. The molecule has 1 amide bonds. The van der Waals surface area contributed by atoms with E-state index in [0.29, 0.717) is 23.0 Å². The van der Waals surface area contributed by atoms with Crippen LogP contribution in [0.5, 0.6) is 0 Å². The Balaban J connectivity index is 1.26. The van der Waals surface area contributed by atoms with Crippen LogP contribution in [0.25, 0.3) is 23.3 Å². The summed E-state index contributed by atoms with van der Waals surface area (Å²) in [7, 11) is 0. The van der Waals surface area contributed by atoms with Crippen molar-refractivity contribution in [1.29, 1.82) is 0 Å². The fraction of sp³-hybridized carbons (Fsp3) is 0.250. The topological polar surface area (TPSA) is 95.5 Å². The van der Waals surface area contributed by atoms with E-state index >= 15 is 0 Å². The molecule has 2 atom stereocenters. The van der Waals surface area contributed by atoms with Crippen molar-refractivity contribution in [3.8, 4) is 11.1 Å². The predicted octanol–water partition coefficient (Wildman–Crippen LogP) is 4.38. The first-order valence-electron chi connectivity index (χ1n) is 14.9. The molecule has 1 aromatic heterocycles. The zero-order valence-electron chi connectivity index (χ0n) is 25.2. The lowest BCUT2D eigenvalue weighted by atomic mass is 9.73. The number of nitrogens with zero attached hydrogens (tertiary/aromatic N) is 4. The van der Waals surface area contributed by atoms with Gasteiger partial charge >= 0.3 is 0 Å². The highest BCUT2D eigenvalue weighted by Crippen LogP contribution is 2.43. The molecule has 8 heteroatoms. The van der Waals surface area contributed by atoms with E-state index in [9.17, 15) is 14.4 Å². The molecular weight excluding hydrogens is 550 g/mol. The predicted molar refractivity (Wildman–Crippen MR) is 172 cm³/mol. The lowest BCUT2D eigenvalue weighted by Gasteiger charge is -2.42. The Morgan fingerprint density at radius 2 is 1.75 bits per heavy atom. The summed E-state index contributed by atoms with van der Waals surface area (Å²) in [6.07, 6.45) is 6.83. The number of nitrogens with one attached hydrogen (secondary N) is 1. The molecular formula is C36H33N5O3. The third-order valence-electron chi connectivity index (χ3n) is 9.20. The van der Waals surface area contributed by atoms with Crippen LogP contribution in [0.3, 0.4) is 0 Å². The van der Waals surface area contributed by atoms with Gasteiger partial charge in [0, 0.05) is 17.2 Å². The van der Waals surface area contributed by atoms with Crippen molar-refractivity contribution < 1.29 is 14.4 Å². The van der Waals surface area contributed by atoms with Crippen LogP contribution in [0.15, 0.2) is 73.2 Å². The van der Waals surface area contributed by atoms with Crippen LogP contribution >= 0.6 is 0 Å². The molecule has 8 nitrogen and oxygen atoms in total. The number of Topliss-reactive ketones (excluding diaryl/α,β-unsaturated/α-hetero) is 2. The summed E-state index contributed by atoms with van der Waals surface area (Å²) in [5.74, 6) is 0.386. The average Bonchev–Trinajstić information content (AvgIpc) is 3.39. The number of rotatable bonds is 5. The normalized spacial score (nSPS) is 19.9. The first kappa shape index (κ1) is 27.7. The number of hydrogen-bond donors (Lipinski definition) is 1. The lowest BCUT2D eigenvalue weighted by Crippen LogP contribution is -2.59. The second-order valence-electron chi connectivity index (χ2n) is 12.3. The molecule has 7 rings (SSSR count). The third kappa shape index (κ3) is 4.24. The largest absolute Gasteiger partial charge is 0.340 e. The fourth-order valence-electron chi connectivity index (χ4n) is 6.83. The van der Waals surface area contributed by atoms with Crippen LogP contribution in [-0.4, -0.2) is 40.7 Å². The van der Waals surface area contributed by atoms with Crippen molar-refractivity contribution in [2.45, 2.75) is 39.2 Å². The molecule has 220 valence electrons. The molecule has 0 saturated heterocycles. The van der Waals surface area contributed by atoms with Gasteiger partial charge < -0.3 is 15.1 Å². The molecule has 3 aromatic carbocycles. The van der Waals surface area contributed by atoms with Crippen molar-refractivity contribution in [3.63, 3.8) is 0 Å². The number of fused-ring (bicyclic) bond motifs is 6. The van der Waals surface area contributed by atoms with Crippen molar-refractivity contribution in [1.82, 2.24) is 9.97 Å². The highest BCUT2D eigenvalue weighted by Gasteiger charge is 2.50. The van der Waals surface area contributed by atoms with Gasteiger partial charge in [0.05, 0.1) is 19.4 Å². The Morgan fingerprint density at radius 1 is 1.00 bits per heavy atom. The second-order valence-corrected chi connectivity index (χ2v) is 12.3. The summed E-state index contributed by atoms with van der Waals surface area (Å²) in [5.41, 5.74) is 4.87. The number of carbonyl (C=O) groups is 3. The van der Waals surface area contributed by atoms with E-state index in [2.05, 4.69) is 29.1 Å². The van der Waals surface area contributed by atoms with E-state index in [0.717, 1.165) is 32.8 Å². The maximum atomic E-state index is 14.2. The van der Waals surface area contributed by atoms with Crippen LogP contribution in [0, 0.1) is 5.92 Å². The van der Waals surface area contributed by atoms with Crippen LogP contribution in [-0.2, 0) is 15.1 Å². The number of hydrogen-bond acceptors (Lipinski definition) is 7. The molecule has 0 saturated carbocycles. The van der Waals surface area contributed by atoms with E-state index in [1.165, 1.54) is 11.9 Å². The van der Waals surface area contributed by atoms with E-state index in [4.69, 9.17) is 0 Å². The summed E-state index contributed by atoms with van der Waals surface area (Å²) in [6, 6.07) is 19.5. The highest BCUT2D eigenvalue weighted by molar-refractivity contribution is 6.22. The molecule has 2 heterocycles. The average molecular weight is 584 g/mol. The zero-order valence-corrected chi connectivity index (χ0v) is 25.2. The van der Waals surface area contributed by atoms with E-state index in [-0.39, 0.29) is 30.7 Å². The van der Waals surface area contributed by atoms with Gasteiger partial charge in [-0.25, -0.2) is 9.97 Å². The smallest absolute Gasteiger partial charge is 0.243 e. The molecule has 2 aliphatic carbocycles. The Bertz CT molecular complexity index is 1980. The Morgan fingerprint density at radius 3 is 2.50 bits per heavy atom. The molecule has 0 bridgehead atoms. The van der Waals surface area contributed by atoms with Gasteiger partial charge in [0.25, 0.3) is 0 Å². The van der Waals surface area contributed by atoms with Crippen molar-refractivity contribution in [3.05, 3.63) is 100 Å². The molecule has 0 spiro atoms. The summed E-state index contributed by atoms with van der Waals surface area (Å²) in [4.78, 5) is 53.3. The maximum absolute atomic E-state index is 14.2. The first-order valence-corrected chi connectivity index (χ1v) is 14.9.